The summed E-state index contributed by atoms with van der Waals surface area (Å²) in [4.78, 5) is 27.9. The number of thiazole rings is 1. The van der Waals surface area contributed by atoms with Gasteiger partial charge in [-0.3, -0.25) is 9.59 Å². The molecule has 0 fully saturated rings. The fourth-order valence-corrected chi connectivity index (χ4v) is 2.82. The number of hydrogen-bond donors (Lipinski definition) is 0. The van der Waals surface area contributed by atoms with Crippen molar-refractivity contribution in [3.63, 3.8) is 0 Å². The highest BCUT2D eigenvalue weighted by Gasteiger charge is 2.24. The van der Waals surface area contributed by atoms with Gasteiger partial charge in [0.05, 0.1) is 19.1 Å². The molecule has 0 bridgehead atoms. The molecule has 0 aliphatic heterocycles. The van der Waals surface area contributed by atoms with Crippen LogP contribution in [0.1, 0.15) is 28.6 Å². The van der Waals surface area contributed by atoms with Crippen molar-refractivity contribution in [1.29, 1.82) is 5.26 Å². The van der Waals surface area contributed by atoms with Crippen molar-refractivity contribution in [3.05, 3.63) is 45.9 Å². The van der Waals surface area contributed by atoms with Crippen LogP contribution in [0.4, 0.5) is 0 Å². The van der Waals surface area contributed by atoms with Crippen LogP contribution in [0.3, 0.4) is 0 Å². The van der Waals surface area contributed by atoms with Crippen LogP contribution >= 0.6 is 11.3 Å². The highest BCUT2D eigenvalue weighted by atomic mass is 32.1. The van der Waals surface area contributed by atoms with Crippen molar-refractivity contribution in [3.8, 4) is 11.8 Å². The number of rotatable bonds is 8. The summed E-state index contributed by atoms with van der Waals surface area (Å²) in [6.07, 6.45) is 0.0226. The fourth-order valence-electron chi connectivity index (χ4n) is 1.96. The molecule has 25 heavy (non-hydrogen) atoms. The van der Waals surface area contributed by atoms with E-state index in [9.17, 15) is 9.59 Å². The molecule has 7 heteroatoms. The molecule has 130 valence electrons. The number of carbonyl (C=O) groups is 2. The van der Waals surface area contributed by atoms with Crippen molar-refractivity contribution in [2.45, 2.75) is 26.2 Å². The maximum absolute atomic E-state index is 12.1. The van der Waals surface area contributed by atoms with Crippen LogP contribution in [0, 0.1) is 25.2 Å². The van der Waals surface area contributed by atoms with Crippen LogP contribution in [-0.2, 0) is 14.3 Å². The molecule has 2 rings (SSSR count). The molecule has 0 unspecified atom stereocenters. The molecule has 0 radical (unpaired) electrons. The first-order valence-electron chi connectivity index (χ1n) is 7.69. The van der Waals surface area contributed by atoms with E-state index in [0.717, 1.165) is 11.3 Å². The number of aromatic nitrogens is 1. The number of ketones is 1. The van der Waals surface area contributed by atoms with Gasteiger partial charge >= 0.3 is 5.97 Å². The smallest absolute Gasteiger partial charge is 0.309 e. The minimum absolute atomic E-state index is 0.0226. The number of aryl methyl sites for hydroxylation is 2. The van der Waals surface area contributed by atoms with E-state index in [2.05, 4.69) is 4.98 Å². The lowest BCUT2D eigenvalue weighted by atomic mass is 10.1. The van der Waals surface area contributed by atoms with Crippen LogP contribution in [-0.4, -0.2) is 30.0 Å². The van der Waals surface area contributed by atoms with Gasteiger partial charge in [0.15, 0.2) is 18.3 Å². The van der Waals surface area contributed by atoms with Gasteiger partial charge in [-0.2, -0.15) is 5.26 Å². The van der Waals surface area contributed by atoms with Gasteiger partial charge in [0, 0.05) is 11.1 Å². The first kappa shape index (κ1) is 18.6. The minimum Gasteiger partial charge on any atom is -0.493 e. The zero-order valence-corrected chi connectivity index (χ0v) is 14.8. The molecule has 2 aromatic rings. The number of hydrogen-bond acceptors (Lipinski definition) is 7. The third kappa shape index (κ3) is 5.69. The van der Waals surface area contributed by atoms with E-state index in [4.69, 9.17) is 14.7 Å². The molecule has 0 aliphatic rings. The van der Waals surface area contributed by atoms with Crippen LogP contribution in [0.25, 0.3) is 0 Å². The molecule has 0 spiro atoms. The third-order valence-electron chi connectivity index (χ3n) is 3.31. The van der Waals surface area contributed by atoms with Crippen molar-refractivity contribution >= 4 is 23.1 Å². The summed E-state index contributed by atoms with van der Waals surface area (Å²) in [5, 5.41) is 11.3. The van der Waals surface area contributed by atoms with E-state index < -0.39 is 24.3 Å². The van der Waals surface area contributed by atoms with Gasteiger partial charge in [0.1, 0.15) is 10.8 Å². The standard InChI is InChI=1S/C18H18N2O4S/c1-12-3-5-14(6-4-12)23-8-7-17(22)24-10-16(21)15(9-19)18-20-13(2)11-25-18/h3-6,11,15H,7-8,10H2,1-2H3/t15-/m1/s1. The molecule has 0 amide bonds. The molecule has 1 atom stereocenters. The molecule has 1 aromatic heterocycles. The number of benzene rings is 1. The van der Waals surface area contributed by atoms with E-state index in [1.165, 1.54) is 11.3 Å². The first-order valence-corrected chi connectivity index (χ1v) is 8.57. The molecule has 0 saturated heterocycles. The Balaban J connectivity index is 1.74. The summed E-state index contributed by atoms with van der Waals surface area (Å²) in [7, 11) is 0. The van der Waals surface area contributed by atoms with Crippen LogP contribution in [0.5, 0.6) is 5.75 Å². The van der Waals surface area contributed by atoms with E-state index in [0.29, 0.717) is 10.8 Å². The lowest BCUT2D eigenvalue weighted by Crippen LogP contribution is -2.20. The van der Waals surface area contributed by atoms with Crippen LogP contribution in [0.2, 0.25) is 0 Å². The second-order valence-corrected chi connectivity index (χ2v) is 6.32. The molecule has 0 saturated carbocycles. The number of carbonyl (C=O) groups excluding carboxylic acids is 2. The normalized spacial score (nSPS) is 11.4. The topological polar surface area (TPSA) is 89.3 Å². The Morgan fingerprint density at radius 3 is 2.60 bits per heavy atom. The minimum atomic E-state index is -1.00. The van der Waals surface area contributed by atoms with E-state index >= 15 is 0 Å². The van der Waals surface area contributed by atoms with Gasteiger partial charge < -0.3 is 9.47 Å². The Morgan fingerprint density at radius 1 is 1.28 bits per heavy atom. The number of Topliss-reactive ketones (excluding diaryl/α,β-unsaturated/α-hetero) is 1. The number of nitrogens with zero attached hydrogens (tertiary/aromatic N) is 2. The number of nitriles is 1. The van der Waals surface area contributed by atoms with Gasteiger partial charge in [-0.15, -0.1) is 11.3 Å². The van der Waals surface area contributed by atoms with Crippen molar-refractivity contribution in [2.75, 3.05) is 13.2 Å². The summed E-state index contributed by atoms with van der Waals surface area (Å²) < 4.78 is 10.4. The number of ether oxygens (including phenoxy) is 2. The van der Waals surface area contributed by atoms with Gasteiger partial charge in [-0.05, 0) is 26.0 Å². The Morgan fingerprint density at radius 2 is 2.00 bits per heavy atom. The maximum atomic E-state index is 12.1. The Bertz CT molecular complexity index is 777. The third-order valence-corrected chi connectivity index (χ3v) is 4.33. The average molecular weight is 358 g/mol. The molecule has 0 aliphatic carbocycles. The predicted octanol–water partition coefficient (Wildman–Crippen LogP) is 2.95. The maximum Gasteiger partial charge on any atom is 0.309 e. The van der Waals surface area contributed by atoms with Gasteiger partial charge in [-0.25, -0.2) is 4.98 Å². The predicted molar refractivity (Wildman–Crippen MR) is 92.5 cm³/mol. The zero-order valence-electron chi connectivity index (χ0n) is 14.0. The summed E-state index contributed by atoms with van der Waals surface area (Å²) >= 11 is 1.24. The van der Waals surface area contributed by atoms with Gasteiger partial charge in [0.2, 0.25) is 0 Å². The Labute approximate surface area is 150 Å². The summed E-state index contributed by atoms with van der Waals surface area (Å²) in [5.74, 6) is -1.37. The largest absolute Gasteiger partial charge is 0.493 e. The highest BCUT2D eigenvalue weighted by Crippen LogP contribution is 2.20. The molecular weight excluding hydrogens is 340 g/mol. The lowest BCUT2D eigenvalue weighted by Gasteiger charge is -2.08. The van der Waals surface area contributed by atoms with Crippen molar-refractivity contribution in [2.24, 2.45) is 0 Å². The van der Waals surface area contributed by atoms with Crippen molar-refractivity contribution < 1.29 is 19.1 Å². The molecule has 1 aromatic carbocycles. The molecule has 0 N–H and O–H groups in total. The van der Waals surface area contributed by atoms with E-state index in [1.54, 1.807) is 12.3 Å². The Hall–Kier alpha value is -2.72. The Kier molecular flexibility index (Phi) is 6.66. The van der Waals surface area contributed by atoms with Crippen LogP contribution in [0.15, 0.2) is 29.6 Å². The second kappa shape index (κ2) is 8.94. The SMILES string of the molecule is Cc1ccc(OCCC(=O)OCC(=O)[C@@H](C#N)c2nc(C)cs2)cc1. The van der Waals surface area contributed by atoms with Crippen molar-refractivity contribution in [1.82, 2.24) is 4.98 Å². The average Bonchev–Trinajstić information content (AvgIpc) is 3.01. The van der Waals surface area contributed by atoms with Gasteiger partial charge in [0.25, 0.3) is 0 Å². The second-order valence-electron chi connectivity index (χ2n) is 5.43. The van der Waals surface area contributed by atoms with E-state index in [1.807, 2.05) is 37.3 Å². The fraction of sp³-hybridized carbons (Fsp3) is 0.333. The summed E-state index contributed by atoms with van der Waals surface area (Å²) in [6.45, 7) is 3.47. The van der Waals surface area contributed by atoms with E-state index in [-0.39, 0.29) is 13.0 Å². The zero-order chi connectivity index (χ0) is 18.2. The molecule has 1 heterocycles. The summed E-state index contributed by atoms with van der Waals surface area (Å²) in [6, 6.07) is 9.36. The lowest BCUT2D eigenvalue weighted by molar-refractivity contribution is -0.148. The molecule has 6 nitrogen and oxygen atoms in total. The number of esters is 1. The summed E-state index contributed by atoms with van der Waals surface area (Å²) in [5.41, 5.74) is 1.87. The first-order chi connectivity index (χ1) is 12.0. The van der Waals surface area contributed by atoms with Gasteiger partial charge in [-0.1, -0.05) is 17.7 Å². The monoisotopic (exact) mass is 358 g/mol. The molecular formula is C18H18N2O4S. The quantitative estimate of drug-likeness (QED) is 0.674. The van der Waals surface area contributed by atoms with Crippen LogP contribution < -0.4 is 4.74 Å². The highest BCUT2D eigenvalue weighted by molar-refractivity contribution is 7.09.